The number of carbonyl (C=O) groups is 1. The Morgan fingerprint density at radius 1 is 1.25 bits per heavy atom. The molecule has 20 heavy (non-hydrogen) atoms. The van der Waals surface area contributed by atoms with Crippen LogP contribution in [0.25, 0.3) is 0 Å². The fraction of sp³-hybridized carbons (Fsp3) is 0.500. The van der Waals surface area contributed by atoms with Crippen LogP contribution >= 0.6 is 0 Å². The third kappa shape index (κ3) is 2.86. The van der Waals surface area contributed by atoms with Gasteiger partial charge in [0.05, 0.1) is 26.4 Å². The maximum absolute atomic E-state index is 12.5. The highest BCUT2D eigenvalue weighted by molar-refractivity contribution is 5.95. The van der Waals surface area contributed by atoms with E-state index in [2.05, 4.69) is 5.32 Å². The minimum absolute atomic E-state index is 0.171. The van der Waals surface area contributed by atoms with E-state index in [9.17, 15) is 9.90 Å². The lowest BCUT2D eigenvalue weighted by Crippen LogP contribution is -2.44. The molecule has 1 amide bonds. The molecule has 0 aromatic heterocycles. The van der Waals surface area contributed by atoms with Crippen LogP contribution in [0.1, 0.15) is 10.4 Å². The van der Waals surface area contributed by atoms with E-state index < -0.39 is 6.10 Å². The van der Waals surface area contributed by atoms with Crippen LogP contribution in [-0.4, -0.2) is 62.4 Å². The molecule has 0 bridgehead atoms. The molecular weight excluding hydrogens is 260 g/mol. The highest BCUT2D eigenvalue weighted by Crippen LogP contribution is 2.24. The number of likely N-dealkylation sites (N-methyl/N-ethyl adjacent to an activating group) is 1. The van der Waals surface area contributed by atoms with Crippen molar-refractivity contribution < 1.29 is 19.4 Å². The number of rotatable bonds is 4. The number of β-amino-alcohol motifs (C(OH)–C–C–N with tert-alkyl or cyclic N) is 1. The summed E-state index contributed by atoms with van der Waals surface area (Å²) >= 11 is 0. The Bertz CT molecular complexity index is 470. The molecule has 2 rings (SSSR count). The molecule has 0 radical (unpaired) electrons. The topological polar surface area (TPSA) is 71.0 Å². The molecule has 6 heteroatoms. The van der Waals surface area contributed by atoms with Gasteiger partial charge in [0.15, 0.2) is 0 Å². The quantitative estimate of drug-likeness (QED) is 0.819. The van der Waals surface area contributed by atoms with Crippen LogP contribution in [0.3, 0.4) is 0 Å². The van der Waals surface area contributed by atoms with Crippen molar-refractivity contribution in [3.05, 3.63) is 23.8 Å². The van der Waals surface area contributed by atoms with Crippen LogP contribution in [0.2, 0.25) is 0 Å². The number of aliphatic hydroxyl groups is 1. The van der Waals surface area contributed by atoms with Gasteiger partial charge in [-0.2, -0.15) is 0 Å². The van der Waals surface area contributed by atoms with Crippen molar-refractivity contribution in [2.24, 2.45) is 0 Å². The van der Waals surface area contributed by atoms with Crippen LogP contribution in [0.15, 0.2) is 18.2 Å². The van der Waals surface area contributed by atoms with Gasteiger partial charge < -0.3 is 24.8 Å². The van der Waals surface area contributed by atoms with E-state index in [1.807, 2.05) is 0 Å². The zero-order valence-corrected chi connectivity index (χ0v) is 11.9. The summed E-state index contributed by atoms with van der Waals surface area (Å²) in [6.07, 6.45) is -0.545. The molecule has 1 aliphatic rings. The molecule has 6 nitrogen and oxygen atoms in total. The monoisotopic (exact) mass is 280 g/mol. The van der Waals surface area contributed by atoms with Gasteiger partial charge in [-0.3, -0.25) is 4.79 Å². The summed E-state index contributed by atoms with van der Waals surface area (Å²) in [7, 11) is 4.77. The number of carbonyl (C=O) groups excluding carboxylic acids is 1. The average molecular weight is 280 g/mol. The van der Waals surface area contributed by atoms with Crippen LogP contribution in [0.5, 0.6) is 11.5 Å². The van der Waals surface area contributed by atoms with Gasteiger partial charge in [0.25, 0.3) is 5.91 Å². The van der Waals surface area contributed by atoms with Gasteiger partial charge in [0.1, 0.15) is 11.5 Å². The molecule has 0 spiro atoms. The Morgan fingerprint density at radius 3 is 2.30 bits per heavy atom. The predicted molar refractivity (Wildman–Crippen MR) is 74.3 cm³/mol. The van der Waals surface area contributed by atoms with Gasteiger partial charge in [-0.25, -0.2) is 0 Å². The normalized spacial score (nSPS) is 21.6. The lowest BCUT2D eigenvalue weighted by molar-refractivity contribution is 0.0580. The summed E-state index contributed by atoms with van der Waals surface area (Å²) < 4.78 is 10.3. The number of nitrogens with zero attached hydrogens (tertiary/aromatic N) is 1. The van der Waals surface area contributed by atoms with Gasteiger partial charge in [-0.15, -0.1) is 0 Å². The Hall–Kier alpha value is -1.79. The standard InChI is InChI=1S/C14H20N2O4/c1-16(12-7-15-8-13(12)17)14(18)9-4-10(19-2)6-11(5-9)20-3/h4-6,12-13,15,17H,7-8H2,1-3H3/t12-,13-/m0/s1. The fourth-order valence-corrected chi connectivity index (χ4v) is 2.33. The second-order valence-corrected chi connectivity index (χ2v) is 4.81. The predicted octanol–water partition coefficient (Wildman–Crippen LogP) is 0.108. The second kappa shape index (κ2) is 6.11. The molecule has 110 valence electrons. The molecule has 0 aliphatic carbocycles. The zero-order valence-electron chi connectivity index (χ0n) is 11.9. The summed E-state index contributed by atoms with van der Waals surface area (Å²) in [6, 6.07) is 4.81. The first-order valence-corrected chi connectivity index (χ1v) is 6.46. The summed E-state index contributed by atoms with van der Waals surface area (Å²) in [4.78, 5) is 14.0. The summed E-state index contributed by atoms with van der Waals surface area (Å²) in [5, 5.41) is 12.9. The molecule has 1 saturated heterocycles. The van der Waals surface area contributed by atoms with Gasteiger partial charge in [0.2, 0.25) is 0 Å². The molecule has 2 atom stereocenters. The van der Waals surface area contributed by atoms with Gasteiger partial charge in [0, 0.05) is 31.8 Å². The van der Waals surface area contributed by atoms with Crippen molar-refractivity contribution in [3.8, 4) is 11.5 Å². The van der Waals surface area contributed by atoms with E-state index in [1.165, 1.54) is 14.2 Å². The Kier molecular flexibility index (Phi) is 4.46. The highest BCUT2D eigenvalue weighted by atomic mass is 16.5. The third-order valence-corrected chi connectivity index (χ3v) is 3.57. The van der Waals surface area contributed by atoms with Crippen molar-refractivity contribution >= 4 is 5.91 Å². The molecule has 1 aliphatic heterocycles. The Morgan fingerprint density at radius 2 is 1.85 bits per heavy atom. The van der Waals surface area contributed by atoms with Crippen molar-refractivity contribution in [2.45, 2.75) is 12.1 Å². The molecule has 1 heterocycles. The SMILES string of the molecule is COc1cc(OC)cc(C(=O)N(C)[C@H]2CNC[C@@H]2O)c1. The number of hydrogen-bond acceptors (Lipinski definition) is 5. The van der Waals surface area contributed by atoms with Crippen molar-refractivity contribution in [1.29, 1.82) is 0 Å². The molecular formula is C14H20N2O4. The first-order chi connectivity index (χ1) is 9.56. The summed E-state index contributed by atoms with van der Waals surface area (Å²) in [5.41, 5.74) is 0.475. The molecule has 1 aromatic rings. The average Bonchev–Trinajstić information content (AvgIpc) is 2.91. The van der Waals surface area contributed by atoms with E-state index in [0.717, 1.165) is 0 Å². The van der Waals surface area contributed by atoms with E-state index in [1.54, 1.807) is 30.1 Å². The van der Waals surface area contributed by atoms with E-state index >= 15 is 0 Å². The van der Waals surface area contributed by atoms with Gasteiger partial charge in [-0.1, -0.05) is 0 Å². The molecule has 2 N–H and O–H groups in total. The highest BCUT2D eigenvalue weighted by Gasteiger charge is 2.31. The van der Waals surface area contributed by atoms with Crippen LogP contribution in [0, 0.1) is 0 Å². The smallest absolute Gasteiger partial charge is 0.254 e. The van der Waals surface area contributed by atoms with Crippen LogP contribution < -0.4 is 14.8 Å². The summed E-state index contributed by atoms with van der Waals surface area (Å²) in [6.45, 7) is 1.09. The first-order valence-electron chi connectivity index (χ1n) is 6.46. The minimum Gasteiger partial charge on any atom is -0.497 e. The lowest BCUT2D eigenvalue weighted by atomic mass is 10.1. The van der Waals surface area contributed by atoms with Gasteiger partial charge >= 0.3 is 0 Å². The number of hydrogen-bond donors (Lipinski definition) is 2. The second-order valence-electron chi connectivity index (χ2n) is 4.81. The Balaban J connectivity index is 2.23. The fourth-order valence-electron chi connectivity index (χ4n) is 2.33. The van der Waals surface area contributed by atoms with E-state index in [-0.39, 0.29) is 11.9 Å². The zero-order chi connectivity index (χ0) is 14.7. The lowest BCUT2D eigenvalue weighted by Gasteiger charge is -2.26. The number of amides is 1. The van der Waals surface area contributed by atoms with Crippen molar-refractivity contribution in [2.75, 3.05) is 34.4 Å². The number of methoxy groups -OCH3 is 2. The minimum atomic E-state index is -0.545. The summed E-state index contributed by atoms with van der Waals surface area (Å²) in [5.74, 6) is 0.951. The molecule has 1 aromatic carbocycles. The molecule has 0 saturated carbocycles. The van der Waals surface area contributed by atoms with Crippen LogP contribution in [0.4, 0.5) is 0 Å². The van der Waals surface area contributed by atoms with Crippen molar-refractivity contribution in [3.63, 3.8) is 0 Å². The maximum atomic E-state index is 12.5. The first kappa shape index (κ1) is 14.6. The largest absolute Gasteiger partial charge is 0.497 e. The van der Waals surface area contributed by atoms with Gasteiger partial charge in [-0.05, 0) is 12.1 Å². The maximum Gasteiger partial charge on any atom is 0.254 e. The molecule has 0 unspecified atom stereocenters. The Labute approximate surface area is 118 Å². The van der Waals surface area contributed by atoms with E-state index in [0.29, 0.717) is 30.2 Å². The molecule has 1 fully saturated rings. The number of nitrogens with one attached hydrogen (secondary N) is 1. The van der Waals surface area contributed by atoms with Crippen molar-refractivity contribution in [1.82, 2.24) is 10.2 Å². The number of benzene rings is 1. The third-order valence-electron chi connectivity index (χ3n) is 3.57. The number of ether oxygens (including phenoxy) is 2. The van der Waals surface area contributed by atoms with Crippen LogP contribution in [-0.2, 0) is 0 Å². The van der Waals surface area contributed by atoms with E-state index in [4.69, 9.17) is 9.47 Å². The number of aliphatic hydroxyl groups excluding tert-OH is 1.